The zero-order chi connectivity index (χ0) is 12.3. The molecule has 0 spiro atoms. The standard InChI is InChI=1S/C6H3N5O5/c7-9-8-5-3(10(13)14)1-2-4(12)6(5)11(15)16/h1-2,12H. The fourth-order valence-electron chi connectivity index (χ4n) is 1.03. The Bertz CT molecular complexity index is 520. The molecular formula is C6H3N5O5. The molecule has 0 aliphatic heterocycles. The van der Waals surface area contributed by atoms with Crippen molar-refractivity contribution >= 4 is 17.1 Å². The van der Waals surface area contributed by atoms with E-state index in [0.29, 0.717) is 0 Å². The maximum atomic E-state index is 10.5. The van der Waals surface area contributed by atoms with Gasteiger partial charge in [0.25, 0.3) is 5.69 Å². The summed E-state index contributed by atoms with van der Waals surface area (Å²) in [4.78, 5) is 21.3. The van der Waals surface area contributed by atoms with Crippen LogP contribution in [0.3, 0.4) is 0 Å². The Balaban J connectivity index is 3.69. The first-order chi connectivity index (χ1) is 7.49. The van der Waals surface area contributed by atoms with E-state index in [-0.39, 0.29) is 0 Å². The first-order valence-corrected chi connectivity index (χ1v) is 3.69. The van der Waals surface area contributed by atoms with Crippen LogP contribution in [-0.4, -0.2) is 15.0 Å². The Morgan fingerprint density at radius 2 is 1.94 bits per heavy atom. The summed E-state index contributed by atoms with van der Waals surface area (Å²) in [5.74, 6) is -0.807. The van der Waals surface area contributed by atoms with E-state index in [2.05, 4.69) is 10.0 Å². The van der Waals surface area contributed by atoms with Gasteiger partial charge < -0.3 is 5.11 Å². The molecule has 1 aromatic carbocycles. The van der Waals surface area contributed by atoms with E-state index in [1.54, 1.807) is 0 Å². The number of rotatable bonds is 3. The smallest absolute Gasteiger partial charge is 0.327 e. The molecule has 10 nitrogen and oxygen atoms in total. The highest BCUT2D eigenvalue weighted by molar-refractivity contribution is 5.74. The van der Waals surface area contributed by atoms with E-state index in [9.17, 15) is 20.2 Å². The van der Waals surface area contributed by atoms with Crippen LogP contribution in [-0.2, 0) is 0 Å². The van der Waals surface area contributed by atoms with E-state index >= 15 is 0 Å². The minimum Gasteiger partial charge on any atom is -0.502 e. The van der Waals surface area contributed by atoms with Crippen molar-refractivity contribution in [3.8, 4) is 5.75 Å². The van der Waals surface area contributed by atoms with E-state index in [0.717, 1.165) is 12.1 Å². The average Bonchev–Trinajstić information content (AvgIpc) is 2.17. The minimum atomic E-state index is -1.06. The van der Waals surface area contributed by atoms with Gasteiger partial charge in [-0.2, -0.15) is 0 Å². The largest absolute Gasteiger partial charge is 0.502 e. The van der Waals surface area contributed by atoms with E-state index in [1.807, 2.05) is 0 Å². The highest BCUT2D eigenvalue weighted by atomic mass is 16.6. The van der Waals surface area contributed by atoms with Gasteiger partial charge in [-0.25, -0.2) is 0 Å². The molecule has 1 aromatic rings. The molecule has 1 N–H and O–H groups in total. The zero-order valence-electron chi connectivity index (χ0n) is 7.47. The lowest BCUT2D eigenvalue weighted by Gasteiger charge is -1.99. The number of aromatic hydroxyl groups is 1. The van der Waals surface area contributed by atoms with Crippen molar-refractivity contribution in [1.29, 1.82) is 0 Å². The van der Waals surface area contributed by atoms with Crippen molar-refractivity contribution in [3.63, 3.8) is 0 Å². The lowest BCUT2D eigenvalue weighted by molar-refractivity contribution is -0.393. The number of nitro groups is 2. The molecule has 0 heterocycles. The van der Waals surface area contributed by atoms with Gasteiger partial charge in [-0.3, -0.25) is 20.2 Å². The highest BCUT2D eigenvalue weighted by Gasteiger charge is 2.28. The van der Waals surface area contributed by atoms with Crippen LogP contribution < -0.4 is 0 Å². The summed E-state index contributed by atoms with van der Waals surface area (Å²) in [7, 11) is 0. The highest BCUT2D eigenvalue weighted by Crippen LogP contribution is 2.42. The summed E-state index contributed by atoms with van der Waals surface area (Å²) in [6.45, 7) is 0. The lowest BCUT2D eigenvalue weighted by atomic mass is 10.2. The summed E-state index contributed by atoms with van der Waals surface area (Å²) < 4.78 is 0. The van der Waals surface area contributed by atoms with Gasteiger partial charge in [-0.05, 0) is 16.7 Å². The van der Waals surface area contributed by atoms with E-state index in [4.69, 9.17) is 10.6 Å². The molecule has 0 saturated heterocycles. The first kappa shape index (κ1) is 11.2. The van der Waals surface area contributed by atoms with Crippen LogP contribution in [0.5, 0.6) is 5.75 Å². The Labute approximate surface area is 86.7 Å². The maximum absolute atomic E-state index is 10.5. The van der Waals surface area contributed by atoms with Crippen LogP contribution in [0.15, 0.2) is 17.2 Å². The zero-order valence-corrected chi connectivity index (χ0v) is 7.47. The monoisotopic (exact) mass is 225 g/mol. The van der Waals surface area contributed by atoms with Crippen LogP contribution in [0.25, 0.3) is 10.4 Å². The van der Waals surface area contributed by atoms with Gasteiger partial charge in [0.1, 0.15) is 0 Å². The van der Waals surface area contributed by atoms with Crippen molar-refractivity contribution in [2.75, 3.05) is 0 Å². The molecule has 0 amide bonds. The number of nitro benzene ring substituents is 2. The topological polar surface area (TPSA) is 155 Å². The second-order valence-electron chi connectivity index (χ2n) is 2.50. The summed E-state index contributed by atoms with van der Waals surface area (Å²) in [5, 5.41) is 33.0. The summed E-state index contributed by atoms with van der Waals surface area (Å²) >= 11 is 0. The van der Waals surface area contributed by atoms with Crippen molar-refractivity contribution in [2.24, 2.45) is 5.11 Å². The van der Waals surface area contributed by atoms with Gasteiger partial charge in [0.05, 0.1) is 9.85 Å². The summed E-state index contributed by atoms with van der Waals surface area (Å²) in [6.07, 6.45) is 0. The number of nitrogens with zero attached hydrogens (tertiary/aromatic N) is 5. The van der Waals surface area contributed by atoms with Crippen LogP contribution >= 0.6 is 0 Å². The predicted octanol–water partition coefficient (Wildman–Crippen LogP) is 2.15. The Kier molecular flexibility index (Phi) is 2.88. The van der Waals surface area contributed by atoms with Gasteiger partial charge in [-0.15, -0.1) is 0 Å². The quantitative estimate of drug-likeness (QED) is 0.274. The number of phenolic OH excluding ortho intramolecular Hbond substituents is 1. The second kappa shape index (κ2) is 4.11. The number of phenols is 1. The molecule has 1 rings (SSSR count). The molecule has 0 radical (unpaired) electrons. The van der Waals surface area contributed by atoms with Crippen molar-refractivity contribution < 1.29 is 15.0 Å². The third-order valence-electron chi connectivity index (χ3n) is 1.63. The summed E-state index contributed by atoms with van der Waals surface area (Å²) in [6, 6.07) is 1.60. The van der Waals surface area contributed by atoms with Gasteiger partial charge in [-0.1, -0.05) is 0 Å². The van der Waals surface area contributed by atoms with Crippen LogP contribution in [0.4, 0.5) is 17.1 Å². The average molecular weight is 225 g/mol. The third kappa shape index (κ3) is 1.81. The molecule has 0 atom stereocenters. The number of azide groups is 1. The van der Waals surface area contributed by atoms with Gasteiger partial charge in [0, 0.05) is 11.0 Å². The Hall–Kier alpha value is -2.87. The van der Waals surface area contributed by atoms with Crippen LogP contribution in [0.2, 0.25) is 0 Å². The Morgan fingerprint density at radius 1 is 1.31 bits per heavy atom. The third-order valence-corrected chi connectivity index (χ3v) is 1.63. The SMILES string of the molecule is [N-]=[N+]=Nc1c([N+](=O)[O-])ccc(O)c1[N+](=O)[O-]. The molecule has 0 fully saturated rings. The lowest BCUT2D eigenvalue weighted by Crippen LogP contribution is -1.94. The molecule has 0 saturated carbocycles. The van der Waals surface area contributed by atoms with E-state index in [1.165, 1.54) is 0 Å². The molecule has 0 bridgehead atoms. The predicted molar refractivity (Wildman–Crippen MR) is 50.2 cm³/mol. The molecule has 0 unspecified atom stereocenters. The fourth-order valence-corrected chi connectivity index (χ4v) is 1.03. The molecule has 16 heavy (non-hydrogen) atoms. The molecule has 0 aliphatic rings. The maximum Gasteiger partial charge on any atom is 0.327 e. The molecule has 0 aliphatic carbocycles. The van der Waals surface area contributed by atoms with E-state index < -0.39 is 32.7 Å². The fraction of sp³-hybridized carbons (Fsp3) is 0. The first-order valence-electron chi connectivity index (χ1n) is 3.69. The molecular weight excluding hydrogens is 222 g/mol. The van der Waals surface area contributed by atoms with Crippen LogP contribution in [0.1, 0.15) is 0 Å². The summed E-state index contributed by atoms with van der Waals surface area (Å²) in [5.41, 5.74) is 5.59. The van der Waals surface area contributed by atoms with Crippen molar-refractivity contribution in [1.82, 2.24) is 0 Å². The number of benzene rings is 1. The van der Waals surface area contributed by atoms with Crippen molar-refractivity contribution in [3.05, 3.63) is 42.8 Å². The van der Waals surface area contributed by atoms with Crippen molar-refractivity contribution in [2.45, 2.75) is 0 Å². The number of hydrogen-bond donors (Lipinski definition) is 1. The van der Waals surface area contributed by atoms with Crippen LogP contribution in [0, 0.1) is 20.2 Å². The Morgan fingerprint density at radius 3 is 2.38 bits per heavy atom. The normalized spacial score (nSPS) is 9.25. The molecule has 10 heteroatoms. The van der Waals surface area contributed by atoms with Gasteiger partial charge in [0.15, 0.2) is 11.4 Å². The second-order valence-corrected chi connectivity index (χ2v) is 2.50. The minimum absolute atomic E-state index is 0.748. The number of hydrogen-bond acceptors (Lipinski definition) is 6. The molecule has 0 aromatic heterocycles. The van der Waals surface area contributed by atoms with Gasteiger partial charge >= 0.3 is 5.69 Å². The molecule has 82 valence electrons. The van der Waals surface area contributed by atoms with Gasteiger partial charge in [0.2, 0.25) is 0 Å².